The average Bonchev–Trinajstić information content (AvgIpc) is 2.77. The van der Waals surface area contributed by atoms with Crippen molar-refractivity contribution in [2.24, 2.45) is 0 Å². The Kier molecular flexibility index (Phi) is 3.19. The molecule has 0 aliphatic heterocycles. The number of aromatic hydroxyl groups is 1. The van der Waals surface area contributed by atoms with Crippen LogP contribution in [0, 0.1) is 6.92 Å². The second-order valence-corrected chi connectivity index (χ2v) is 3.76. The van der Waals surface area contributed by atoms with Crippen LogP contribution in [0.2, 0.25) is 0 Å². The summed E-state index contributed by atoms with van der Waals surface area (Å²) >= 11 is 0. The summed E-state index contributed by atoms with van der Waals surface area (Å²) in [5, 5.41) is 20.7. The number of hydrogen-bond acceptors (Lipinski definition) is 5. The Morgan fingerprint density at radius 2 is 2.11 bits per heavy atom. The predicted octanol–water partition coefficient (Wildman–Crippen LogP) is 1.64. The molecule has 2 aromatic rings. The highest BCUT2D eigenvalue weighted by atomic mass is 16.4. The Bertz CT molecular complexity index is 647. The molecule has 0 saturated heterocycles. The fraction of sp³-hybridized carbons (Fsp3) is 0.0833. The van der Waals surface area contributed by atoms with E-state index in [4.69, 9.17) is 9.52 Å². The molecule has 0 aliphatic carbocycles. The first kappa shape index (κ1) is 12.6. The Balaban J connectivity index is 2.25. The maximum atomic E-state index is 11.8. The maximum Gasteiger partial charge on any atom is 0.339 e. The first-order valence-electron chi connectivity index (χ1n) is 5.27. The summed E-state index contributed by atoms with van der Waals surface area (Å²) in [6, 6.07) is 3.72. The number of hydrogen-bond donors (Lipinski definition) is 3. The lowest BCUT2D eigenvalue weighted by atomic mass is 10.1. The number of nitrogens with zero attached hydrogens (tertiary/aromatic N) is 1. The number of rotatable bonds is 3. The molecule has 0 saturated carbocycles. The van der Waals surface area contributed by atoms with E-state index >= 15 is 0 Å². The molecule has 19 heavy (non-hydrogen) atoms. The highest BCUT2D eigenvalue weighted by Crippen LogP contribution is 2.22. The van der Waals surface area contributed by atoms with Crippen molar-refractivity contribution in [3.63, 3.8) is 0 Å². The molecule has 3 N–H and O–H groups in total. The Morgan fingerprint density at radius 3 is 2.68 bits per heavy atom. The van der Waals surface area contributed by atoms with Crippen LogP contribution in [0.25, 0.3) is 0 Å². The molecule has 0 aliphatic rings. The summed E-state index contributed by atoms with van der Waals surface area (Å²) in [4.78, 5) is 26.4. The number of aryl methyl sites for hydroxylation is 1. The van der Waals surface area contributed by atoms with Gasteiger partial charge in [0, 0.05) is 5.69 Å². The first-order valence-corrected chi connectivity index (χ1v) is 5.27. The third kappa shape index (κ3) is 2.54. The van der Waals surface area contributed by atoms with E-state index in [1.807, 2.05) is 0 Å². The number of carbonyl (C=O) groups is 2. The lowest BCUT2D eigenvalue weighted by molar-refractivity contribution is 0.0693. The summed E-state index contributed by atoms with van der Waals surface area (Å²) < 4.78 is 4.91. The van der Waals surface area contributed by atoms with Crippen LogP contribution in [-0.4, -0.2) is 27.1 Å². The lowest BCUT2D eigenvalue weighted by Gasteiger charge is -2.06. The van der Waals surface area contributed by atoms with Crippen molar-refractivity contribution in [3.05, 3.63) is 41.6 Å². The molecule has 0 fully saturated rings. The van der Waals surface area contributed by atoms with E-state index in [0.29, 0.717) is 5.69 Å². The van der Waals surface area contributed by atoms with E-state index in [1.54, 1.807) is 6.92 Å². The van der Waals surface area contributed by atoms with E-state index in [0.717, 1.165) is 12.5 Å². The Hall–Kier alpha value is -2.83. The van der Waals surface area contributed by atoms with Crippen LogP contribution in [-0.2, 0) is 0 Å². The third-order valence-corrected chi connectivity index (χ3v) is 2.44. The molecule has 0 atom stereocenters. The molecule has 1 aromatic carbocycles. The number of anilines is 1. The Morgan fingerprint density at radius 1 is 1.37 bits per heavy atom. The van der Waals surface area contributed by atoms with Crippen molar-refractivity contribution in [2.75, 3.05) is 5.32 Å². The number of aromatic nitrogens is 1. The monoisotopic (exact) mass is 262 g/mol. The number of carbonyl (C=O) groups excluding carboxylic acids is 1. The fourth-order valence-corrected chi connectivity index (χ4v) is 1.49. The second kappa shape index (κ2) is 4.81. The van der Waals surface area contributed by atoms with Crippen molar-refractivity contribution in [3.8, 4) is 5.75 Å². The smallest absolute Gasteiger partial charge is 0.339 e. The van der Waals surface area contributed by atoms with Gasteiger partial charge in [-0.05, 0) is 25.1 Å². The number of aromatic carboxylic acids is 1. The van der Waals surface area contributed by atoms with E-state index in [-0.39, 0.29) is 22.8 Å². The van der Waals surface area contributed by atoms with Crippen molar-refractivity contribution < 1.29 is 24.2 Å². The van der Waals surface area contributed by atoms with Gasteiger partial charge in [-0.3, -0.25) is 4.79 Å². The second-order valence-electron chi connectivity index (χ2n) is 3.76. The van der Waals surface area contributed by atoms with E-state index in [2.05, 4.69) is 10.3 Å². The zero-order valence-corrected chi connectivity index (χ0v) is 9.88. The summed E-state index contributed by atoms with van der Waals surface area (Å²) in [6.07, 6.45) is 1.14. The fourth-order valence-electron chi connectivity index (χ4n) is 1.49. The van der Waals surface area contributed by atoms with Crippen molar-refractivity contribution in [2.45, 2.75) is 6.92 Å². The molecule has 7 heteroatoms. The normalized spacial score (nSPS) is 10.2. The molecule has 0 bridgehead atoms. The minimum absolute atomic E-state index is 0.0463. The molecule has 7 nitrogen and oxygen atoms in total. The Labute approximate surface area is 107 Å². The predicted molar refractivity (Wildman–Crippen MR) is 64.3 cm³/mol. The van der Waals surface area contributed by atoms with Gasteiger partial charge >= 0.3 is 5.97 Å². The number of amides is 1. The van der Waals surface area contributed by atoms with Gasteiger partial charge in [-0.2, -0.15) is 0 Å². The molecular formula is C12H10N2O5. The molecule has 98 valence electrons. The van der Waals surface area contributed by atoms with Crippen LogP contribution >= 0.6 is 0 Å². The van der Waals surface area contributed by atoms with Crippen molar-refractivity contribution in [1.29, 1.82) is 0 Å². The van der Waals surface area contributed by atoms with Crippen molar-refractivity contribution in [1.82, 2.24) is 4.98 Å². The van der Waals surface area contributed by atoms with E-state index in [9.17, 15) is 14.7 Å². The number of benzene rings is 1. The molecule has 2 rings (SSSR count). The molecule has 1 amide bonds. The van der Waals surface area contributed by atoms with Gasteiger partial charge in [0.25, 0.3) is 5.91 Å². The third-order valence-electron chi connectivity index (χ3n) is 2.44. The topological polar surface area (TPSA) is 113 Å². The molecule has 0 unspecified atom stereocenters. The van der Waals surface area contributed by atoms with Gasteiger partial charge in [0.05, 0.1) is 5.69 Å². The number of phenols is 1. The minimum atomic E-state index is -1.29. The van der Waals surface area contributed by atoms with Crippen LogP contribution in [0.3, 0.4) is 0 Å². The number of carboxylic acid groups (broad SMARTS) is 1. The molecule has 0 radical (unpaired) electrons. The lowest BCUT2D eigenvalue weighted by Crippen LogP contribution is -2.12. The highest BCUT2D eigenvalue weighted by molar-refractivity contribution is 6.03. The number of nitrogens with one attached hydrogen (secondary N) is 1. The summed E-state index contributed by atoms with van der Waals surface area (Å²) in [7, 11) is 0. The average molecular weight is 262 g/mol. The SMILES string of the molecule is Cc1ncoc1C(=O)Nc1ccc(O)c(C(=O)O)c1. The zero-order chi connectivity index (χ0) is 14.0. The largest absolute Gasteiger partial charge is 0.507 e. The maximum absolute atomic E-state index is 11.8. The van der Waals surface area contributed by atoms with E-state index < -0.39 is 11.9 Å². The van der Waals surface area contributed by atoms with Gasteiger partial charge in [0.1, 0.15) is 11.3 Å². The number of oxazole rings is 1. The van der Waals surface area contributed by atoms with E-state index in [1.165, 1.54) is 12.1 Å². The van der Waals surface area contributed by atoms with Crippen molar-refractivity contribution >= 4 is 17.6 Å². The van der Waals surface area contributed by atoms with Gasteiger partial charge in [0.15, 0.2) is 6.39 Å². The zero-order valence-electron chi connectivity index (χ0n) is 9.88. The van der Waals surface area contributed by atoms with Gasteiger partial charge in [-0.25, -0.2) is 9.78 Å². The number of carboxylic acids is 1. The molecule has 1 heterocycles. The van der Waals surface area contributed by atoms with Gasteiger partial charge in [0.2, 0.25) is 5.76 Å². The van der Waals surface area contributed by atoms with Crippen LogP contribution in [0.1, 0.15) is 26.6 Å². The first-order chi connectivity index (χ1) is 8.99. The summed E-state index contributed by atoms with van der Waals surface area (Å²) in [5.74, 6) is -2.16. The molecule has 0 spiro atoms. The molecule has 1 aromatic heterocycles. The molecular weight excluding hydrogens is 252 g/mol. The van der Waals surface area contributed by atoms with Crippen LogP contribution in [0.15, 0.2) is 29.0 Å². The quantitative estimate of drug-likeness (QED) is 0.725. The van der Waals surface area contributed by atoms with Gasteiger partial charge < -0.3 is 19.9 Å². The van der Waals surface area contributed by atoms with Gasteiger partial charge in [-0.1, -0.05) is 0 Å². The van der Waals surface area contributed by atoms with Crippen LogP contribution in [0.5, 0.6) is 5.75 Å². The van der Waals surface area contributed by atoms with Gasteiger partial charge in [-0.15, -0.1) is 0 Å². The van der Waals surface area contributed by atoms with Crippen LogP contribution < -0.4 is 5.32 Å². The summed E-state index contributed by atoms with van der Waals surface area (Å²) in [5.41, 5.74) is 0.359. The minimum Gasteiger partial charge on any atom is -0.507 e. The highest BCUT2D eigenvalue weighted by Gasteiger charge is 2.16. The summed E-state index contributed by atoms with van der Waals surface area (Å²) in [6.45, 7) is 1.61. The standard InChI is InChI=1S/C12H10N2O5/c1-6-10(19-5-13-6)11(16)14-7-2-3-9(15)8(4-7)12(17)18/h2-5,15H,1H3,(H,14,16)(H,17,18). The van der Waals surface area contributed by atoms with Crippen LogP contribution in [0.4, 0.5) is 5.69 Å².